The van der Waals surface area contributed by atoms with E-state index < -0.39 is 0 Å². The highest BCUT2D eigenvalue weighted by Gasteiger charge is 2.44. The molecule has 2 nitrogen and oxygen atoms in total. The van der Waals surface area contributed by atoms with Gasteiger partial charge in [-0.25, -0.2) is 0 Å². The predicted octanol–water partition coefficient (Wildman–Crippen LogP) is 3.56. The molecule has 19 heavy (non-hydrogen) atoms. The van der Waals surface area contributed by atoms with E-state index in [0.717, 1.165) is 24.3 Å². The summed E-state index contributed by atoms with van der Waals surface area (Å²) in [7, 11) is 0. The van der Waals surface area contributed by atoms with Crippen LogP contribution in [-0.2, 0) is 4.74 Å². The lowest BCUT2D eigenvalue weighted by molar-refractivity contribution is 0.0422. The van der Waals surface area contributed by atoms with Gasteiger partial charge in [0.05, 0.1) is 18.3 Å². The summed E-state index contributed by atoms with van der Waals surface area (Å²) in [6, 6.07) is 8.65. The largest absolute Gasteiger partial charge is 0.388 e. The van der Waals surface area contributed by atoms with Crippen LogP contribution in [0.1, 0.15) is 61.7 Å². The van der Waals surface area contributed by atoms with Crippen molar-refractivity contribution in [3.05, 3.63) is 35.4 Å². The standard InChI is InChI=1S/C17H22O2/c18-17(15-10-14-7-8-16(15)19-14)13-6-2-5-12(9-13)11-3-1-4-11/h2,5-6,9,11,14-18H,1,3-4,7-8,10H2. The van der Waals surface area contributed by atoms with Crippen molar-refractivity contribution in [3.8, 4) is 0 Å². The van der Waals surface area contributed by atoms with Gasteiger partial charge in [-0.3, -0.25) is 0 Å². The van der Waals surface area contributed by atoms with Crippen LogP contribution >= 0.6 is 0 Å². The van der Waals surface area contributed by atoms with Crippen molar-refractivity contribution in [2.45, 2.75) is 62.8 Å². The van der Waals surface area contributed by atoms with Crippen molar-refractivity contribution in [2.24, 2.45) is 5.92 Å². The number of aliphatic hydroxyl groups excluding tert-OH is 1. The summed E-state index contributed by atoms with van der Waals surface area (Å²) in [6.07, 6.45) is 7.73. The van der Waals surface area contributed by atoms with Crippen LogP contribution in [-0.4, -0.2) is 17.3 Å². The maximum Gasteiger partial charge on any atom is 0.0844 e. The average molecular weight is 258 g/mol. The van der Waals surface area contributed by atoms with E-state index in [9.17, 15) is 5.11 Å². The Kier molecular flexibility index (Phi) is 2.89. The zero-order chi connectivity index (χ0) is 12.8. The second-order valence-corrected chi connectivity index (χ2v) is 6.52. The van der Waals surface area contributed by atoms with Crippen LogP contribution in [0.5, 0.6) is 0 Å². The van der Waals surface area contributed by atoms with Crippen LogP contribution in [0.3, 0.4) is 0 Å². The van der Waals surface area contributed by atoms with Gasteiger partial charge in [0.2, 0.25) is 0 Å². The molecule has 3 fully saturated rings. The van der Waals surface area contributed by atoms with Crippen molar-refractivity contribution >= 4 is 0 Å². The summed E-state index contributed by atoms with van der Waals surface area (Å²) in [5.41, 5.74) is 2.53. The summed E-state index contributed by atoms with van der Waals surface area (Å²) in [5, 5.41) is 10.7. The molecular weight excluding hydrogens is 236 g/mol. The lowest BCUT2D eigenvalue weighted by Crippen LogP contribution is -2.23. The fourth-order valence-corrected chi connectivity index (χ4v) is 4.00. The van der Waals surface area contributed by atoms with Crippen molar-refractivity contribution < 1.29 is 9.84 Å². The van der Waals surface area contributed by atoms with Gasteiger partial charge in [-0.15, -0.1) is 0 Å². The van der Waals surface area contributed by atoms with Crippen LogP contribution < -0.4 is 0 Å². The summed E-state index contributed by atoms with van der Waals surface area (Å²) in [5.74, 6) is 1.05. The Balaban J connectivity index is 1.54. The Hall–Kier alpha value is -0.860. The van der Waals surface area contributed by atoms with E-state index in [1.165, 1.54) is 31.2 Å². The maximum atomic E-state index is 10.7. The number of fused-ring (bicyclic) bond motifs is 2. The van der Waals surface area contributed by atoms with Crippen LogP contribution in [0.4, 0.5) is 0 Å². The molecular formula is C17H22O2. The van der Waals surface area contributed by atoms with Crippen molar-refractivity contribution in [2.75, 3.05) is 0 Å². The van der Waals surface area contributed by atoms with Gasteiger partial charge in [0.25, 0.3) is 0 Å². The van der Waals surface area contributed by atoms with Crippen LogP contribution in [0.2, 0.25) is 0 Å². The van der Waals surface area contributed by atoms with Gasteiger partial charge in [0, 0.05) is 5.92 Å². The Morgan fingerprint density at radius 2 is 2.05 bits per heavy atom. The molecule has 2 aliphatic heterocycles. The van der Waals surface area contributed by atoms with E-state index in [1.54, 1.807) is 0 Å². The average Bonchev–Trinajstić information content (AvgIpc) is 2.98. The second kappa shape index (κ2) is 4.60. The number of hydrogen-bond acceptors (Lipinski definition) is 2. The smallest absolute Gasteiger partial charge is 0.0844 e. The number of benzene rings is 1. The first-order chi connectivity index (χ1) is 9.31. The Morgan fingerprint density at radius 3 is 2.68 bits per heavy atom. The number of rotatable bonds is 3. The monoisotopic (exact) mass is 258 g/mol. The third-order valence-electron chi connectivity index (χ3n) is 5.39. The van der Waals surface area contributed by atoms with Gasteiger partial charge < -0.3 is 9.84 Å². The normalized spacial score (nSPS) is 35.3. The van der Waals surface area contributed by atoms with E-state index in [-0.39, 0.29) is 6.10 Å². The van der Waals surface area contributed by atoms with Gasteiger partial charge in [0.15, 0.2) is 0 Å². The van der Waals surface area contributed by atoms with Crippen molar-refractivity contribution in [1.29, 1.82) is 0 Å². The highest BCUT2D eigenvalue weighted by Crippen LogP contribution is 2.45. The predicted molar refractivity (Wildman–Crippen MR) is 74.0 cm³/mol. The fourth-order valence-electron chi connectivity index (χ4n) is 4.00. The third-order valence-corrected chi connectivity index (χ3v) is 5.39. The minimum atomic E-state index is -0.338. The topological polar surface area (TPSA) is 29.5 Å². The van der Waals surface area contributed by atoms with E-state index in [0.29, 0.717) is 18.1 Å². The SMILES string of the molecule is OC(c1cccc(C2CCC2)c1)C1CC2CCC1O2. The molecule has 1 N–H and O–H groups in total. The van der Waals surface area contributed by atoms with E-state index in [4.69, 9.17) is 4.74 Å². The molecule has 1 aromatic carbocycles. The molecule has 4 rings (SSSR count). The van der Waals surface area contributed by atoms with E-state index >= 15 is 0 Å². The van der Waals surface area contributed by atoms with Gasteiger partial charge in [-0.05, 0) is 49.1 Å². The molecule has 1 saturated carbocycles. The van der Waals surface area contributed by atoms with Crippen LogP contribution in [0, 0.1) is 5.92 Å². The van der Waals surface area contributed by atoms with E-state index in [1.807, 2.05) is 0 Å². The highest BCUT2D eigenvalue weighted by atomic mass is 16.5. The summed E-state index contributed by atoms with van der Waals surface area (Å²) < 4.78 is 5.88. The van der Waals surface area contributed by atoms with Gasteiger partial charge in [-0.2, -0.15) is 0 Å². The molecule has 4 unspecified atom stereocenters. The van der Waals surface area contributed by atoms with Gasteiger partial charge in [-0.1, -0.05) is 30.7 Å². The molecule has 1 aliphatic carbocycles. The number of aliphatic hydroxyl groups is 1. The van der Waals surface area contributed by atoms with Crippen molar-refractivity contribution in [3.63, 3.8) is 0 Å². The zero-order valence-electron chi connectivity index (χ0n) is 11.3. The second-order valence-electron chi connectivity index (χ2n) is 6.52. The summed E-state index contributed by atoms with van der Waals surface area (Å²) >= 11 is 0. The summed E-state index contributed by atoms with van der Waals surface area (Å²) in [4.78, 5) is 0. The lowest BCUT2D eigenvalue weighted by atomic mass is 9.78. The first-order valence-corrected chi connectivity index (χ1v) is 7.74. The molecule has 0 amide bonds. The molecule has 0 aromatic heterocycles. The van der Waals surface area contributed by atoms with Gasteiger partial charge in [0.1, 0.15) is 0 Å². The minimum Gasteiger partial charge on any atom is -0.388 e. The molecule has 4 atom stereocenters. The molecule has 1 aromatic rings. The van der Waals surface area contributed by atoms with Crippen LogP contribution in [0.25, 0.3) is 0 Å². The molecule has 0 radical (unpaired) electrons. The third kappa shape index (κ3) is 2.02. The first-order valence-electron chi connectivity index (χ1n) is 7.74. The molecule has 3 aliphatic rings. The minimum absolute atomic E-state index is 0.298. The first kappa shape index (κ1) is 11.9. The van der Waals surface area contributed by atoms with Crippen LogP contribution in [0.15, 0.2) is 24.3 Å². The highest BCUT2D eigenvalue weighted by molar-refractivity contribution is 5.29. The Labute approximate surface area is 114 Å². The summed E-state index contributed by atoms with van der Waals surface area (Å²) in [6.45, 7) is 0. The Bertz CT molecular complexity index is 466. The maximum absolute atomic E-state index is 10.7. The zero-order valence-corrected chi connectivity index (χ0v) is 11.3. The molecule has 2 heteroatoms. The van der Waals surface area contributed by atoms with Crippen molar-refractivity contribution in [1.82, 2.24) is 0 Å². The van der Waals surface area contributed by atoms with E-state index in [2.05, 4.69) is 24.3 Å². The number of hydrogen-bond donors (Lipinski definition) is 1. The molecule has 2 bridgehead atoms. The molecule has 102 valence electrons. The fraction of sp³-hybridized carbons (Fsp3) is 0.647. The Morgan fingerprint density at radius 1 is 1.16 bits per heavy atom. The molecule has 0 spiro atoms. The lowest BCUT2D eigenvalue weighted by Gasteiger charge is -2.28. The van der Waals surface area contributed by atoms with Gasteiger partial charge >= 0.3 is 0 Å². The molecule has 2 heterocycles. The number of ether oxygens (including phenoxy) is 1. The molecule has 2 saturated heterocycles. The quantitative estimate of drug-likeness (QED) is 0.898.